The Morgan fingerprint density at radius 3 is 2.46 bits per heavy atom. The maximum Gasteiger partial charge on any atom is 0.344 e. The fourth-order valence-electron chi connectivity index (χ4n) is 2.81. The van der Waals surface area contributed by atoms with Crippen LogP contribution in [0.25, 0.3) is 0 Å². The molecule has 1 aromatic rings. The lowest BCUT2D eigenvalue weighted by molar-refractivity contribution is -0.150. The molecule has 0 aromatic heterocycles. The standard InChI is InChI=1S/C18H24N2O7S/c1-12-3-4-15(13(2)7-12)26-10-18(23)27-9-17(22)20-19-16(21)8-14-5-6-28(24,25)11-14/h3-4,7,14H,5-6,8-11H2,1-2H3,(H,19,21)(H,20,22)/t14-/m0/s1. The Hall–Kier alpha value is -2.62. The number of amides is 2. The molecule has 1 fully saturated rings. The zero-order valence-electron chi connectivity index (χ0n) is 15.8. The van der Waals surface area contributed by atoms with E-state index in [0.717, 1.165) is 11.1 Å². The minimum atomic E-state index is -3.06. The monoisotopic (exact) mass is 412 g/mol. The highest BCUT2D eigenvalue weighted by Gasteiger charge is 2.29. The third-order valence-electron chi connectivity index (χ3n) is 4.18. The summed E-state index contributed by atoms with van der Waals surface area (Å²) in [5.41, 5.74) is 6.24. The van der Waals surface area contributed by atoms with E-state index in [1.165, 1.54) is 0 Å². The molecular formula is C18H24N2O7S. The largest absolute Gasteiger partial charge is 0.482 e. The lowest BCUT2D eigenvalue weighted by Crippen LogP contribution is -2.44. The van der Waals surface area contributed by atoms with Crippen molar-refractivity contribution < 1.29 is 32.3 Å². The molecule has 1 atom stereocenters. The molecule has 10 heteroatoms. The van der Waals surface area contributed by atoms with Crippen molar-refractivity contribution in [3.8, 4) is 5.75 Å². The second-order valence-electron chi connectivity index (χ2n) is 6.79. The Balaban J connectivity index is 1.62. The van der Waals surface area contributed by atoms with Crippen molar-refractivity contribution in [1.29, 1.82) is 0 Å². The van der Waals surface area contributed by atoms with Crippen LogP contribution in [0.3, 0.4) is 0 Å². The molecule has 1 heterocycles. The van der Waals surface area contributed by atoms with Crippen LogP contribution < -0.4 is 15.6 Å². The van der Waals surface area contributed by atoms with Gasteiger partial charge in [0.15, 0.2) is 23.1 Å². The molecule has 9 nitrogen and oxygen atoms in total. The number of ether oxygens (including phenoxy) is 2. The Kier molecular flexibility index (Phi) is 7.38. The SMILES string of the molecule is Cc1ccc(OCC(=O)OCC(=O)NNC(=O)C[C@@H]2CCS(=O)(=O)C2)c(C)c1. The van der Waals surface area contributed by atoms with Crippen molar-refractivity contribution in [1.82, 2.24) is 10.9 Å². The minimum Gasteiger partial charge on any atom is -0.482 e. The summed E-state index contributed by atoms with van der Waals surface area (Å²) < 4.78 is 32.8. The molecule has 2 N–H and O–H groups in total. The van der Waals surface area contributed by atoms with E-state index in [0.29, 0.717) is 12.2 Å². The number of benzene rings is 1. The van der Waals surface area contributed by atoms with E-state index in [9.17, 15) is 22.8 Å². The summed E-state index contributed by atoms with van der Waals surface area (Å²) >= 11 is 0. The quantitative estimate of drug-likeness (QED) is 0.483. The van der Waals surface area contributed by atoms with E-state index in [4.69, 9.17) is 9.47 Å². The molecule has 154 valence electrons. The summed E-state index contributed by atoms with van der Waals surface area (Å²) in [6.07, 6.45) is 0.435. The first-order chi connectivity index (χ1) is 13.1. The molecular weight excluding hydrogens is 388 g/mol. The van der Waals surface area contributed by atoms with E-state index in [1.54, 1.807) is 6.07 Å². The Morgan fingerprint density at radius 1 is 1.11 bits per heavy atom. The molecule has 1 aliphatic heterocycles. The van der Waals surface area contributed by atoms with Gasteiger partial charge >= 0.3 is 5.97 Å². The number of carbonyl (C=O) groups is 3. The fraction of sp³-hybridized carbons (Fsp3) is 0.500. The van der Waals surface area contributed by atoms with Crippen LogP contribution >= 0.6 is 0 Å². The highest BCUT2D eigenvalue weighted by molar-refractivity contribution is 7.91. The van der Waals surface area contributed by atoms with Crippen LogP contribution in [0.15, 0.2) is 18.2 Å². The van der Waals surface area contributed by atoms with Gasteiger partial charge in [-0.1, -0.05) is 17.7 Å². The summed E-state index contributed by atoms with van der Waals surface area (Å²) in [5, 5.41) is 0. The van der Waals surface area contributed by atoms with Crippen molar-refractivity contribution in [2.24, 2.45) is 5.92 Å². The molecule has 0 saturated carbocycles. The van der Waals surface area contributed by atoms with Gasteiger partial charge in [0.05, 0.1) is 11.5 Å². The first-order valence-electron chi connectivity index (χ1n) is 8.78. The Bertz CT molecular complexity index is 851. The van der Waals surface area contributed by atoms with Crippen LogP contribution in [0, 0.1) is 19.8 Å². The van der Waals surface area contributed by atoms with Gasteiger partial charge in [-0.05, 0) is 37.8 Å². The topological polar surface area (TPSA) is 128 Å². The molecule has 0 aliphatic carbocycles. The number of carbonyl (C=O) groups excluding carboxylic acids is 3. The second-order valence-corrected chi connectivity index (χ2v) is 9.02. The molecule has 0 spiro atoms. The maximum atomic E-state index is 11.7. The van der Waals surface area contributed by atoms with Gasteiger partial charge in [0.2, 0.25) is 5.91 Å². The van der Waals surface area contributed by atoms with Crippen molar-refractivity contribution in [3.05, 3.63) is 29.3 Å². The molecule has 1 saturated heterocycles. The summed E-state index contributed by atoms with van der Waals surface area (Å²) in [7, 11) is -3.06. The van der Waals surface area contributed by atoms with Crippen LogP contribution in [0.1, 0.15) is 24.0 Å². The number of hydrogen-bond donors (Lipinski definition) is 2. The van der Waals surface area contributed by atoms with Crippen LogP contribution in [0.2, 0.25) is 0 Å². The summed E-state index contributed by atoms with van der Waals surface area (Å²) in [5.74, 6) is -1.58. The fourth-order valence-corrected chi connectivity index (χ4v) is 4.67. The van der Waals surface area contributed by atoms with Gasteiger partial charge in [-0.2, -0.15) is 0 Å². The molecule has 0 bridgehead atoms. The first kappa shape index (κ1) is 21.7. The second kappa shape index (κ2) is 9.54. The summed E-state index contributed by atoms with van der Waals surface area (Å²) in [6.45, 7) is 2.87. The van der Waals surface area contributed by atoms with Crippen molar-refractivity contribution in [3.63, 3.8) is 0 Å². The van der Waals surface area contributed by atoms with Crippen molar-refractivity contribution in [2.45, 2.75) is 26.7 Å². The number of esters is 1. The van der Waals surface area contributed by atoms with E-state index in [-0.39, 0.29) is 30.5 Å². The number of hydrogen-bond acceptors (Lipinski definition) is 7. The van der Waals surface area contributed by atoms with Gasteiger partial charge < -0.3 is 9.47 Å². The van der Waals surface area contributed by atoms with Crippen LogP contribution in [0.4, 0.5) is 0 Å². The number of sulfone groups is 1. The molecule has 0 unspecified atom stereocenters. The zero-order valence-corrected chi connectivity index (χ0v) is 16.6. The zero-order chi connectivity index (χ0) is 20.7. The van der Waals surface area contributed by atoms with Crippen molar-refractivity contribution >= 4 is 27.6 Å². The number of nitrogens with one attached hydrogen (secondary N) is 2. The number of hydrazine groups is 1. The Morgan fingerprint density at radius 2 is 1.82 bits per heavy atom. The lowest BCUT2D eigenvalue weighted by atomic mass is 10.1. The molecule has 28 heavy (non-hydrogen) atoms. The number of aryl methyl sites for hydroxylation is 2. The minimum absolute atomic E-state index is 0.00301. The van der Waals surface area contributed by atoms with E-state index >= 15 is 0 Å². The average molecular weight is 412 g/mol. The third-order valence-corrected chi connectivity index (χ3v) is 6.02. The van der Waals surface area contributed by atoms with Gasteiger partial charge in [0.25, 0.3) is 5.91 Å². The highest BCUT2D eigenvalue weighted by Crippen LogP contribution is 2.21. The molecule has 0 radical (unpaired) electrons. The molecule has 1 aromatic carbocycles. The van der Waals surface area contributed by atoms with E-state index in [2.05, 4.69) is 10.9 Å². The van der Waals surface area contributed by atoms with Gasteiger partial charge in [-0.25, -0.2) is 13.2 Å². The van der Waals surface area contributed by atoms with E-state index in [1.807, 2.05) is 26.0 Å². The van der Waals surface area contributed by atoms with E-state index < -0.39 is 34.2 Å². The average Bonchev–Trinajstić information content (AvgIpc) is 2.95. The Labute approximate surface area is 163 Å². The predicted octanol–water partition coefficient (Wildman–Crippen LogP) is 0.198. The normalized spacial score (nSPS) is 17.6. The van der Waals surface area contributed by atoms with Crippen LogP contribution in [0.5, 0.6) is 5.75 Å². The van der Waals surface area contributed by atoms with Crippen LogP contribution in [-0.4, -0.2) is 50.9 Å². The maximum absolute atomic E-state index is 11.7. The lowest BCUT2D eigenvalue weighted by Gasteiger charge is -2.11. The smallest absolute Gasteiger partial charge is 0.344 e. The van der Waals surface area contributed by atoms with Gasteiger partial charge in [-0.3, -0.25) is 20.4 Å². The summed E-state index contributed by atoms with van der Waals surface area (Å²) in [6, 6.07) is 5.51. The molecule has 2 rings (SSSR count). The van der Waals surface area contributed by atoms with Crippen LogP contribution in [-0.2, 0) is 29.0 Å². The number of rotatable bonds is 7. The summed E-state index contributed by atoms with van der Waals surface area (Å²) in [4.78, 5) is 35.0. The van der Waals surface area contributed by atoms with Crippen molar-refractivity contribution in [2.75, 3.05) is 24.7 Å². The predicted molar refractivity (Wildman–Crippen MR) is 100 cm³/mol. The van der Waals surface area contributed by atoms with Gasteiger partial charge in [-0.15, -0.1) is 0 Å². The molecule has 1 aliphatic rings. The molecule has 2 amide bonds. The first-order valence-corrected chi connectivity index (χ1v) is 10.6. The third kappa shape index (κ3) is 7.18. The van der Waals surface area contributed by atoms with Gasteiger partial charge in [0.1, 0.15) is 5.75 Å². The highest BCUT2D eigenvalue weighted by atomic mass is 32.2. The van der Waals surface area contributed by atoms with Gasteiger partial charge in [0, 0.05) is 6.42 Å².